The molecule has 3 atom stereocenters. The maximum atomic E-state index is 15.2. The molecule has 2 heterocycles. The van der Waals surface area contributed by atoms with E-state index in [9.17, 15) is 12.8 Å². The Morgan fingerprint density at radius 2 is 1.87 bits per heavy atom. The zero-order valence-electron chi connectivity index (χ0n) is 17.3. The van der Waals surface area contributed by atoms with Gasteiger partial charge in [0.1, 0.15) is 16.3 Å². The molecule has 0 radical (unpaired) electrons. The number of rotatable bonds is 6. The number of methoxy groups -OCH3 is 1. The second kappa shape index (κ2) is 8.60. The van der Waals surface area contributed by atoms with Crippen LogP contribution in [0.2, 0.25) is 0 Å². The lowest BCUT2D eigenvalue weighted by molar-refractivity contribution is -0.0730. The summed E-state index contributed by atoms with van der Waals surface area (Å²) in [5.41, 5.74) is -0.225. The quantitative estimate of drug-likeness (QED) is 0.631. The first-order chi connectivity index (χ1) is 14.9. The third-order valence-electron chi connectivity index (χ3n) is 6.20. The van der Waals surface area contributed by atoms with Crippen LogP contribution in [0.5, 0.6) is 11.5 Å². The predicted molar refractivity (Wildman–Crippen MR) is 115 cm³/mol. The molecule has 2 aliphatic heterocycles. The lowest BCUT2D eigenvalue weighted by atomic mass is 9.75. The van der Waals surface area contributed by atoms with Gasteiger partial charge >= 0.3 is 0 Å². The lowest BCUT2D eigenvalue weighted by Gasteiger charge is -2.50. The summed E-state index contributed by atoms with van der Waals surface area (Å²) in [4.78, 5) is 0.0281. The Bertz CT molecular complexity index is 1060. The molecule has 0 spiro atoms. The highest BCUT2D eigenvalue weighted by Crippen LogP contribution is 2.56. The van der Waals surface area contributed by atoms with Crippen LogP contribution in [0.1, 0.15) is 18.4 Å². The molecule has 0 bridgehead atoms. The number of benzene rings is 2. The predicted octanol–water partition coefficient (Wildman–Crippen LogP) is 4.19. The first-order valence-corrected chi connectivity index (χ1v) is 12.8. The van der Waals surface area contributed by atoms with Gasteiger partial charge < -0.3 is 14.2 Å². The van der Waals surface area contributed by atoms with Gasteiger partial charge in [0.05, 0.1) is 30.3 Å². The molecular formula is C22H24F2O5S2. The molecule has 2 aromatic carbocycles. The maximum Gasteiger partial charge on any atom is 0.189 e. The minimum absolute atomic E-state index is 0.0124. The Morgan fingerprint density at radius 1 is 1.16 bits per heavy atom. The van der Waals surface area contributed by atoms with Crippen molar-refractivity contribution in [3.8, 4) is 11.5 Å². The third kappa shape index (κ3) is 3.50. The van der Waals surface area contributed by atoms with Crippen LogP contribution in [-0.2, 0) is 19.3 Å². The molecule has 0 saturated carbocycles. The fourth-order valence-electron chi connectivity index (χ4n) is 4.71. The Kier molecular flexibility index (Phi) is 6.20. The average molecular weight is 471 g/mol. The van der Waals surface area contributed by atoms with Crippen LogP contribution in [-0.4, -0.2) is 46.9 Å². The molecule has 2 aliphatic rings. The van der Waals surface area contributed by atoms with Gasteiger partial charge in [-0.1, -0.05) is 0 Å². The number of sulfone groups is 1. The van der Waals surface area contributed by atoms with E-state index >= 15 is 4.39 Å². The lowest BCUT2D eigenvalue weighted by Crippen LogP contribution is -2.57. The number of hydrogen-bond acceptors (Lipinski definition) is 6. The topological polar surface area (TPSA) is 61.8 Å². The van der Waals surface area contributed by atoms with Crippen molar-refractivity contribution < 1.29 is 31.4 Å². The average Bonchev–Trinajstić information content (AvgIpc) is 2.79. The van der Waals surface area contributed by atoms with Gasteiger partial charge in [-0.2, -0.15) is 11.8 Å². The van der Waals surface area contributed by atoms with E-state index < -0.39 is 38.2 Å². The van der Waals surface area contributed by atoms with E-state index in [4.69, 9.17) is 14.2 Å². The molecule has 2 aromatic rings. The molecule has 31 heavy (non-hydrogen) atoms. The van der Waals surface area contributed by atoms with E-state index in [1.165, 1.54) is 19.2 Å². The molecule has 0 aromatic heterocycles. The summed E-state index contributed by atoms with van der Waals surface area (Å²) in [5, 5.41) is 0. The van der Waals surface area contributed by atoms with Gasteiger partial charge in [-0.05, 0) is 61.2 Å². The minimum atomic E-state index is -4.15. The third-order valence-corrected chi connectivity index (χ3v) is 9.40. The fourth-order valence-corrected chi connectivity index (χ4v) is 7.52. The van der Waals surface area contributed by atoms with Gasteiger partial charge in [-0.3, -0.25) is 0 Å². The number of ether oxygens (including phenoxy) is 3. The van der Waals surface area contributed by atoms with E-state index in [2.05, 4.69) is 0 Å². The summed E-state index contributed by atoms with van der Waals surface area (Å²) < 4.78 is 73.2. The van der Waals surface area contributed by atoms with Crippen LogP contribution in [0.4, 0.5) is 8.78 Å². The first-order valence-electron chi connectivity index (χ1n) is 9.97. The van der Waals surface area contributed by atoms with Crippen molar-refractivity contribution in [2.45, 2.75) is 28.6 Å². The van der Waals surface area contributed by atoms with Crippen LogP contribution in [0.3, 0.4) is 0 Å². The number of halogens is 2. The van der Waals surface area contributed by atoms with Gasteiger partial charge in [0.15, 0.2) is 21.4 Å². The zero-order valence-corrected chi connectivity index (χ0v) is 18.9. The zero-order chi connectivity index (χ0) is 22.2. The van der Waals surface area contributed by atoms with E-state index in [0.717, 1.165) is 17.9 Å². The number of thioether (sulfide) groups is 1. The van der Waals surface area contributed by atoms with Crippen molar-refractivity contribution in [3.63, 3.8) is 0 Å². The molecule has 1 fully saturated rings. The van der Waals surface area contributed by atoms with Gasteiger partial charge in [0, 0.05) is 12.5 Å². The summed E-state index contributed by atoms with van der Waals surface area (Å²) in [5.74, 6) is -1.31. The molecule has 9 heteroatoms. The van der Waals surface area contributed by atoms with E-state index in [1.54, 1.807) is 23.9 Å². The van der Waals surface area contributed by atoms with E-state index in [1.807, 2.05) is 6.26 Å². The standard InChI is InChI=1S/C22H24F2O5S2/c1-27-14-3-5-15(6-4-14)31(25,26)22-10-11-28-19(9-12-30-2)16(22)13-29-21-18(24)8-7-17(23)20(21)22/h3-8,16,19H,9-13H2,1-2H3/t16?,19-,22-/m0/s1. The van der Waals surface area contributed by atoms with Gasteiger partial charge in [-0.15, -0.1) is 0 Å². The highest BCUT2D eigenvalue weighted by molar-refractivity contribution is 7.98. The monoisotopic (exact) mass is 470 g/mol. The van der Waals surface area contributed by atoms with Crippen LogP contribution in [0, 0.1) is 17.6 Å². The minimum Gasteiger partial charge on any atom is -0.497 e. The van der Waals surface area contributed by atoms with Crippen molar-refractivity contribution in [3.05, 3.63) is 53.6 Å². The summed E-state index contributed by atoms with van der Waals surface area (Å²) in [6.45, 7) is 0.0577. The maximum absolute atomic E-state index is 15.2. The van der Waals surface area contributed by atoms with Crippen molar-refractivity contribution in [1.82, 2.24) is 0 Å². The smallest absolute Gasteiger partial charge is 0.189 e. The second-order valence-corrected chi connectivity index (χ2v) is 10.9. The molecule has 168 valence electrons. The van der Waals surface area contributed by atoms with Crippen LogP contribution in [0.15, 0.2) is 41.3 Å². The molecule has 1 saturated heterocycles. The van der Waals surface area contributed by atoms with E-state index in [0.29, 0.717) is 12.2 Å². The molecule has 0 aliphatic carbocycles. The van der Waals surface area contributed by atoms with Crippen LogP contribution >= 0.6 is 11.8 Å². The Hall–Kier alpha value is -1.84. The highest BCUT2D eigenvalue weighted by Gasteiger charge is 2.61. The van der Waals surface area contributed by atoms with Crippen molar-refractivity contribution in [2.75, 3.05) is 32.3 Å². The van der Waals surface area contributed by atoms with Crippen LogP contribution < -0.4 is 9.47 Å². The normalized spacial score (nSPS) is 25.3. The van der Waals surface area contributed by atoms with Crippen molar-refractivity contribution >= 4 is 21.6 Å². The van der Waals surface area contributed by atoms with Gasteiger partial charge in [0.2, 0.25) is 0 Å². The SMILES string of the molecule is COc1ccc(S(=O)(=O)[C@@]23CCO[C@@H](CCSC)C2COc2c(F)ccc(F)c23)cc1. The summed E-state index contributed by atoms with van der Waals surface area (Å²) in [7, 11) is -2.66. The fraction of sp³-hybridized carbons (Fsp3) is 0.455. The van der Waals surface area contributed by atoms with Gasteiger partial charge in [-0.25, -0.2) is 17.2 Å². The second-order valence-electron chi connectivity index (χ2n) is 7.66. The first kappa shape index (κ1) is 22.4. The molecule has 0 amide bonds. The number of hydrogen-bond donors (Lipinski definition) is 0. The molecule has 1 unspecified atom stereocenters. The van der Waals surface area contributed by atoms with Crippen molar-refractivity contribution in [1.29, 1.82) is 0 Å². The highest BCUT2D eigenvalue weighted by atomic mass is 32.2. The summed E-state index contributed by atoms with van der Waals surface area (Å²) in [6, 6.07) is 7.91. The van der Waals surface area contributed by atoms with Gasteiger partial charge in [0.25, 0.3) is 0 Å². The Morgan fingerprint density at radius 3 is 2.55 bits per heavy atom. The molecular weight excluding hydrogens is 446 g/mol. The summed E-state index contributed by atoms with van der Waals surface area (Å²) in [6.07, 6.45) is 2.09. The molecule has 5 nitrogen and oxygen atoms in total. The summed E-state index contributed by atoms with van der Waals surface area (Å²) >= 11 is 1.61. The molecule has 4 rings (SSSR count). The van der Waals surface area contributed by atoms with Crippen LogP contribution in [0.25, 0.3) is 0 Å². The molecule has 0 N–H and O–H groups in total. The van der Waals surface area contributed by atoms with E-state index in [-0.39, 0.29) is 35.8 Å². The Balaban J connectivity index is 1.95. The number of fused-ring (bicyclic) bond motifs is 3. The Labute approximate surface area is 185 Å². The largest absolute Gasteiger partial charge is 0.497 e. The van der Waals surface area contributed by atoms with Crippen molar-refractivity contribution in [2.24, 2.45) is 5.92 Å².